The van der Waals surface area contributed by atoms with Crippen LogP contribution in [0, 0.1) is 13.3 Å². The first kappa shape index (κ1) is 24.9. The highest BCUT2D eigenvalue weighted by Gasteiger charge is 2.51. The Bertz CT molecular complexity index is 994. The highest BCUT2D eigenvalue weighted by atomic mass is 32.1. The van der Waals surface area contributed by atoms with E-state index >= 15 is 0 Å². The summed E-state index contributed by atoms with van der Waals surface area (Å²) in [5.41, 5.74) is -1.73. The van der Waals surface area contributed by atoms with Crippen molar-refractivity contribution in [2.75, 3.05) is 32.8 Å². The van der Waals surface area contributed by atoms with E-state index in [0.29, 0.717) is 22.3 Å². The molecule has 2 aromatic heterocycles. The molecule has 3 aromatic rings. The number of quaternary nitrogens is 1. The van der Waals surface area contributed by atoms with Crippen LogP contribution in [0.3, 0.4) is 0 Å². The average Bonchev–Trinajstić information content (AvgIpc) is 3.58. The summed E-state index contributed by atoms with van der Waals surface area (Å²) in [5.74, 6) is 0.741. The first-order chi connectivity index (χ1) is 16.1. The summed E-state index contributed by atoms with van der Waals surface area (Å²) in [5, 5.41) is 15.3. The lowest BCUT2D eigenvalue weighted by atomic mass is 9.83. The van der Waals surface area contributed by atoms with Gasteiger partial charge in [-0.2, -0.15) is 0 Å². The van der Waals surface area contributed by atoms with Crippen LogP contribution in [0.25, 0.3) is 0 Å². The lowest BCUT2D eigenvalue weighted by Gasteiger charge is -2.52. The monoisotopic (exact) mass is 499 g/mol. The molecule has 1 N–H and O–H groups in total. The van der Waals surface area contributed by atoms with Gasteiger partial charge in [-0.15, -0.1) is 22.7 Å². The maximum Gasteiger partial charge on any atom is 0.349 e. The molecule has 5 nitrogen and oxygen atoms in total. The summed E-state index contributed by atoms with van der Waals surface area (Å²) in [4.78, 5) is 14.7. The first-order valence-corrected chi connectivity index (χ1v) is 13.4. The van der Waals surface area contributed by atoms with E-state index in [-0.39, 0.29) is 13.5 Å². The van der Waals surface area contributed by atoms with E-state index in [0.717, 1.165) is 55.7 Å². The van der Waals surface area contributed by atoms with E-state index in [2.05, 4.69) is 0 Å². The van der Waals surface area contributed by atoms with Crippen molar-refractivity contribution in [3.05, 3.63) is 82.5 Å². The van der Waals surface area contributed by atoms with Crippen molar-refractivity contribution in [1.29, 1.82) is 0 Å². The minimum atomic E-state index is -1.73. The molecule has 3 aliphatic rings. The van der Waals surface area contributed by atoms with Crippen LogP contribution in [0.2, 0.25) is 0 Å². The van der Waals surface area contributed by atoms with Crippen LogP contribution >= 0.6 is 22.7 Å². The van der Waals surface area contributed by atoms with E-state index in [1.807, 2.05) is 65.4 Å². The SMILES string of the molecule is O=C(O[C@H]1C[N+]2(CCCOc3ccccc3)CCC1CC2)C(O)(c1cccs1)c1cccs1.[CH3-]. The van der Waals surface area contributed by atoms with E-state index < -0.39 is 11.6 Å². The van der Waals surface area contributed by atoms with Gasteiger partial charge in [0.1, 0.15) is 12.3 Å². The molecule has 3 fully saturated rings. The molecule has 34 heavy (non-hydrogen) atoms. The summed E-state index contributed by atoms with van der Waals surface area (Å²) in [7, 11) is 0. The van der Waals surface area contributed by atoms with Gasteiger partial charge in [0.05, 0.1) is 36.0 Å². The van der Waals surface area contributed by atoms with Crippen LogP contribution in [0.5, 0.6) is 5.75 Å². The van der Waals surface area contributed by atoms with Gasteiger partial charge in [-0.3, -0.25) is 0 Å². The van der Waals surface area contributed by atoms with Gasteiger partial charge in [0.25, 0.3) is 0 Å². The number of fused-ring (bicyclic) bond motifs is 3. The Labute approximate surface area is 210 Å². The van der Waals surface area contributed by atoms with Gasteiger partial charge in [-0.25, -0.2) is 4.79 Å². The number of hydrogen-bond donors (Lipinski definition) is 1. The molecule has 1 atom stereocenters. The second kappa shape index (κ2) is 10.6. The fourth-order valence-corrected chi connectivity index (χ4v) is 7.00. The second-order valence-corrected chi connectivity index (χ2v) is 11.1. The molecule has 0 saturated carbocycles. The zero-order valence-electron chi connectivity index (χ0n) is 19.6. The highest BCUT2D eigenvalue weighted by molar-refractivity contribution is 7.12. The molecule has 0 spiro atoms. The molecular weight excluding hydrogens is 466 g/mol. The number of nitrogens with zero attached hydrogens (tertiary/aromatic N) is 1. The largest absolute Gasteiger partial charge is 0.493 e. The Balaban J connectivity index is 0.00000274. The lowest BCUT2D eigenvalue weighted by Crippen LogP contribution is -2.65. The van der Waals surface area contributed by atoms with Crippen molar-refractivity contribution < 1.29 is 23.9 Å². The summed E-state index contributed by atoms with van der Waals surface area (Å²) in [6.45, 7) is 4.79. The predicted molar refractivity (Wildman–Crippen MR) is 137 cm³/mol. The van der Waals surface area contributed by atoms with Crippen molar-refractivity contribution in [3.8, 4) is 5.75 Å². The van der Waals surface area contributed by atoms with Crippen molar-refractivity contribution in [3.63, 3.8) is 0 Å². The van der Waals surface area contributed by atoms with Gasteiger partial charge in [-0.05, 0) is 35.0 Å². The fraction of sp³-hybridized carbons (Fsp3) is 0.407. The third-order valence-electron chi connectivity index (χ3n) is 7.14. The molecule has 7 heteroatoms. The molecule has 5 heterocycles. The number of carbonyl (C=O) groups excluding carboxylic acids is 1. The molecule has 0 unspecified atom stereocenters. The zero-order valence-corrected chi connectivity index (χ0v) is 21.2. The average molecular weight is 500 g/mol. The number of ether oxygens (including phenoxy) is 2. The molecule has 0 radical (unpaired) electrons. The van der Waals surface area contributed by atoms with Crippen LogP contribution < -0.4 is 4.74 Å². The van der Waals surface area contributed by atoms with Gasteiger partial charge in [-0.1, -0.05) is 30.3 Å². The number of thiophene rings is 2. The number of hydrogen-bond acceptors (Lipinski definition) is 6. The maximum atomic E-state index is 13.4. The number of esters is 1. The molecule has 0 amide bonds. The number of rotatable bonds is 9. The predicted octanol–water partition coefficient (Wildman–Crippen LogP) is 5.12. The van der Waals surface area contributed by atoms with Crippen LogP contribution in [0.4, 0.5) is 0 Å². The standard InChI is InChI=1S/C26H30NO4S2.CH3/c28-25(26(29,23-9-4-17-32-23)24-10-5-18-33-24)31-22-19-27(14-11-20(22)12-15-27)13-6-16-30-21-7-2-1-3-8-21;/h1-5,7-10,17-18,20,22,29H,6,11-16,19H2;1H3/q+1;-1/t20?,22-,27?;/m0./s1. The molecule has 6 rings (SSSR count). The number of aliphatic hydroxyl groups is 1. The van der Waals surface area contributed by atoms with E-state index in [9.17, 15) is 9.90 Å². The maximum absolute atomic E-state index is 13.4. The molecule has 3 saturated heterocycles. The fourth-order valence-electron chi connectivity index (χ4n) is 5.29. The number of piperidine rings is 3. The first-order valence-electron chi connectivity index (χ1n) is 11.6. The van der Waals surface area contributed by atoms with Gasteiger partial charge in [0.2, 0.25) is 5.60 Å². The number of benzene rings is 1. The Morgan fingerprint density at radius 2 is 1.65 bits per heavy atom. The van der Waals surface area contributed by atoms with Crippen LogP contribution in [0.15, 0.2) is 65.4 Å². The smallest absolute Gasteiger partial charge is 0.349 e. The van der Waals surface area contributed by atoms with Crippen LogP contribution in [-0.2, 0) is 15.1 Å². The van der Waals surface area contributed by atoms with Gasteiger partial charge in [0, 0.05) is 25.2 Å². The van der Waals surface area contributed by atoms with Gasteiger partial charge < -0.3 is 26.5 Å². The Morgan fingerprint density at radius 1 is 1.00 bits per heavy atom. The van der Waals surface area contributed by atoms with Crippen molar-refractivity contribution in [1.82, 2.24) is 0 Å². The normalized spacial score (nSPS) is 23.8. The quantitative estimate of drug-likeness (QED) is 0.192. The Morgan fingerprint density at radius 3 is 2.24 bits per heavy atom. The topological polar surface area (TPSA) is 55.8 Å². The van der Waals surface area contributed by atoms with E-state index in [1.54, 1.807) is 0 Å². The summed E-state index contributed by atoms with van der Waals surface area (Å²) >= 11 is 2.77. The van der Waals surface area contributed by atoms with Crippen molar-refractivity contribution in [2.24, 2.45) is 5.92 Å². The molecule has 1 aromatic carbocycles. The summed E-state index contributed by atoms with van der Waals surface area (Å²) in [6.07, 6.45) is 2.94. The van der Waals surface area contributed by atoms with Crippen molar-refractivity contribution in [2.45, 2.75) is 31.0 Å². The summed E-state index contributed by atoms with van der Waals surface area (Å²) in [6, 6.07) is 17.3. The van der Waals surface area contributed by atoms with Crippen molar-refractivity contribution >= 4 is 28.6 Å². The highest BCUT2D eigenvalue weighted by Crippen LogP contribution is 2.40. The molecule has 182 valence electrons. The second-order valence-electron chi connectivity index (χ2n) is 9.16. The van der Waals surface area contributed by atoms with E-state index in [4.69, 9.17) is 9.47 Å². The van der Waals surface area contributed by atoms with E-state index in [1.165, 1.54) is 22.7 Å². The van der Waals surface area contributed by atoms with Crippen LogP contribution in [0.1, 0.15) is 29.0 Å². The molecule has 3 aliphatic heterocycles. The molecule has 0 aliphatic carbocycles. The minimum Gasteiger partial charge on any atom is -0.493 e. The number of para-hydroxylation sites is 1. The number of carbonyl (C=O) groups is 1. The summed E-state index contributed by atoms with van der Waals surface area (Å²) < 4.78 is 13.0. The zero-order chi connectivity index (χ0) is 22.7. The minimum absolute atomic E-state index is 0. The third kappa shape index (κ3) is 4.93. The third-order valence-corrected chi connectivity index (χ3v) is 9.10. The van der Waals surface area contributed by atoms with Gasteiger partial charge >= 0.3 is 5.97 Å². The Hall–Kier alpha value is -2.19. The van der Waals surface area contributed by atoms with Gasteiger partial charge in [0.15, 0.2) is 6.10 Å². The lowest BCUT2D eigenvalue weighted by molar-refractivity contribution is -0.946. The molecule has 2 bridgehead atoms. The van der Waals surface area contributed by atoms with Crippen LogP contribution in [-0.4, -0.2) is 54.4 Å². The Kier molecular flexibility index (Phi) is 7.77. The molecular formula is C27H33NO4S2.